The van der Waals surface area contributed by atoms with Gasteiger partial charge in [0.15, 0.2) is 0 Å². The molecular weight excluding hydrogens is 310 g/mol. The molecule has 0 aliphatic rings. The molecule has 0 aromatic carbocycles. The zero-order valence-electron chi connectivity index (χ0n) is 6.13. The van der Waals surface area contributed by atoms with E-state index in [9.17, 15) is 15.7 Å². The van der Waals surface area contributed by atoms with Crippen LogP contribution >= 0.6 is 0 Å². The van der Waals surface area contributed by atoms with Gasteiger partial charge in [0.2, 0.25) is 0 Å². The van der Waals surface area contributed by atoms with Crippen molar-refractivity contribution in [1.29, 1.82) is 0 Å². The summed E-state index contributed by atoms with van der Waals surface area (Å²) in [5.41, 5.74) is 1.61. The van der Waals surface area contributed by atoms with Gasteiger partial charge in [-0.3, -0.25) is 0 Å². The average molecular weight is 318 g/mol. The van der Waals surface area contributed by atoms with Gasteiger partial charge in [-0.05, 0) is 0 Å². The number of hydrogen-bond donors (Lipinski definition) is 2. The number of hydrogen-bond acceptors (Lipinski definition) is 4. The van der Waals surface area contributed by atoms with Crippen LogP contribution in [0, 0.1) is 0 Å². The fraction of sp³-hybridized carbons (Fsp3) is 1.00. The summed E-state index contributed by atoms with van der Waals surface area (Å²) in [6.45, 7) is 0. The zero-order chi connectivity index (χ0) is 9.00. The molecule has 11 heavy (non-hydrogen) atoms. The molecular formula is C2H8As2CaO6. The summed E-state index contributed by atoms with van der Waals surface area (Å²) >= 11 is -8.75. The van der Waals surface area contributed by atoms with E-state index in [-0.39, 0.29) is 37.7 Å². The molecule has 0 aromatic heterocycles. The van der Waals surface area contributed by atoms with Crippen LogP contribution in [0.4, 0.5) is 0 Å². The fourth-order valence-electron chi connectivity index (χ4n) is 0. The second-order valence-corrected chi connectivity index (χ2v) is 8.34. The van der Waals surface area contributed by atoms with E-state index in [1.807, 2.05) is 0 Å². The Morgan fingerprint density at radius 2 is 1.00 bits per heavy atom. The molecule has 0 rings (SSSR count). The summed E-state index contributed by atoms with van der Waals surface area (Å²) in [5, 5.41) is 0. The van der Waals surface area contributed by atoms with Crippen molar-refractivity contribution in [3.05, 3.63) is 0 Å². The molecule has 0 amide bonds. The average Bonchev–Trinajstić information content (AvgIpc) is 1.12. The quantitative estimate of drug-likeness (QED) is 0.443. The molecule has 64 valence electrons. The summed E-state index contributed by atoms with van der Waals surface area (Å²) < 4.78 is 52.3. The Morgan fingerprint density at radius 3 is 1.00 bits per heavy atom. The minimum atomic E-state index is -4.38. The van der Waals surface area contributed by atoms with Crippen molar-refractivity contribution in [2.45, 2.75) is 11.4 Å². The maximum absolute atomic E-state index is 9.28. The third-order valence-corrected chi connectivity index (χ3v) is 0. The summed E-state index contributed by atoms with van der Waals surface area (Å²) in [7, 11) is 0. The second-order valence-electron chi connectivity index (χ2n) is 1.61. The monoisotopic (exact) mass is 318 g/mol. The van der Waals surface area contributed by atoms with E-state index in [4.69, 9.17) is 8.19 Å². The Bertz CT molecular complexity index is 131. The maximum Gasteiger partial charge on any atom is 2.00 e. The van der Waals surface area contributed by atoms with Gasteiger partial charge in [-0.15, -0.1) is 0 Å². The van der Waals surface area contributed by atoms with Gasteiger partial charge in [-0.25, -0.2) is 0 Å². The van der Waals surface area contributed by atoms with Crippen LogP contribution in [0.15, 0.2) is 0 Å². The fourth-order valence-corrected chi connectivity index (χ4v) is 0. The van der Waals surface area contributed by atoms with Crippen LogP contribution in [0.1, 0.15) is 0 Å². The largest absolute Gasteiger partial charge is 2.00 e. The van der Waals surface area contributed by atoms with Gasteiger partial charge in [0.25, 0.3) is 0 Å². The first-order valence-electron chi connectivity index (χ1n) is 2.02. The van der Waals surface area contributed by atoms with Gasteiger partial charge >= 0.3 is 101 Å². The van der Waals surface area contributed by atoms with E-state index >= 15 is 0 Å². The molecule has 0 bridgehead atoms. The van der Waals surface area contributed by atoms with E-state index in [1.165, 1.54) is 0 Å². The first kappa shape index (κ1) is 18.6. The minimum absolute atomic E-state index is 0. The zero-order valence-corrected chi connectivity index (χ0v) is 12.1. The third kappa shape index (κ3) is 345. The molecule has 6 nitrogen and oxygen atoms in total. The normalized spacial score (nSPS) is 19.5. The Balaban J connectivity index is -0.000000107. The van der Waals surface area contributed by atoms with Crippen molar-refractivity contribution in [2.75, 3.05) is 0 Å². The summed E-state index contributed by atoms with van der Waals surface area (Å²) in [4.78, 5) is 0. The molecule has 0 aliphatic heterocycles. The van der Waals surface area contributed by atoms with Crippen LogP contribution < -0.4 is 8.19 Å². The van der Waals surface area contributed by atoms with E-state index in [0.29, 0.717) is 0 Å². The smallest absolute Gasteiger partial charge is 2.00 e. The van der Waals surface area contributed by atoms with Crippen LogP contribution in [0.2, 0.25) is 11.4 Å². The predicted octanol–water partition coefficient (Wildman–Crippen LogP) is -3.70. The van der Waals surface area contributed by atoms with Gasteiger partial charge in [0, 0.05) is 0 Å². The second kappa shape index (κ2) is 7.24. The molecule has 0 aliphatic carbocycles. The molecule has 0 spiro atoms. The summed E-state index contributed by atoms with van der Waals surface area (Å²) in [5.74, 6) is 0. The maximum atomic E-state index is 9.28. The van der Waals surface area contributed by atoms with E-state index in [2.05, 4.69) is 0 Å². The SMILES string of the molecule is C[As](=O)([O-])O.C[As](=O)([O-])O.[Ca+2]. The summed E-state index contributed by atoms with van der Waals surface area (Å²) in [6, 6.07) is 0. The van der Waals surface area contributed by atoms with Crippen LogP contribution in [-0.2, 0) is 7.48 Å². The Kier molecular flexibility index (Phi) is 12.2. The Labute approximate surface area is 100.0 Å². The van der Waals surface area contributed by atoms with E-state index in [0.717, 1.165) is 11.4 Å². The molecule has 9 heteroatoms. The van der Waals surface area contributed by atoms with Crippen LogP contribution in [-0.4, -0.2) is 74.3 Å². The minimum Gasteiger partial charge on any atom is 2.00 e. The summed E-state index contributed by atoms with van der Waals surface area (Å²) in [6.07, 6.45) is 0. The standard InChI is InChI=1S/2CH5AsO3.Ca/c2*1-2(3,4)5;/h2*1H3,(H2,3,4,5);/q;;+2/p-2. The van der Waals surface area contributed by atoms with Crippen molar-refractivity contribution >= 4 is 66.1 Å². The predicted molar refractivity (Wildman–Crippen MR) is 34.8 cm³/mol. The Morgan fingerprint density at radius 1 is 1.00 bits per heavy atom. The van der Waals surface area contributed by atoms with Crippen LogP contribution in [0.5, 0.6) is 0 Å². The van der Waals surface area contributed by atoms with E-state index in [1.54, 1.807) is 0 Å². The third-order valence-electron chi connectivity index (χ3n) is 0. The number of rotatable bonds is 0. The van der Waals surface area contributed by atoms with Crippen molar-refractivity contribution in [3.63, 3.8) is 0 Å². The topological polar surface area (TPSA) is 121 Å². The molecule has 0 fully saturated rings. The van der Waals surface area contributed by atoms with Gasteiger partial charge in [0.1, 0.15) is 0 Å². The van der Waals surface area contributed by atoms with Crippen molar-refractivity contribution in [1.82, 2.24) is 0 Å². The van der Waals surface area contributed by atoms with Gasteiger partial charge < -0.3 is 0 Å². The molecule has 0 saturated carbocycles. The Hall–Kier alpha value is 1.82. The first-order valence-corrected chi connectivity index (χ1v) is 10.5. The van der Waals surface area contributed by atoms with Crippen LogP contribution in [0.25, 0.3) is 0 Å². The van der Waals surface area contributed by atoms with Crippen LogP contribution in [0.3, 0.4) is 0 Å². The molecule has 2 atom stereocenters. The molecule has 2 N–H and O–H groups in total. The molecule has 0 aromatic rings. The van der Waals surface area contributed by atoms with Gasteiger partial charge in [-0.1, -0.05) is 0 Å². The van der Waals surface area contributed by atoms with Gasteiger partial charge in [0.05, 0.1) is 0 Å². The first-order chi connectivity index (χ1) is 4.00. The van der Waals surface area contributed by atoms with E-state index < -0.39 is 28.3 Å². The van der Waals surface area contributed by atoms with Gasteiger partial charge in [-0.2, -0.15) is 0 Å². The van der Waals surface area contributed by atoms with Crippen molar-refractivity contribution in [2.24, 2.45) is 0 Å². The van der Waals surface area contributed by atoms with Crippen molar-refractivity contribution < 1.29 is 23.9 Å². The molecule has 0 saturated heterocycles. The molecule has 2 unspecified atom stereocenters. The molecule has 0 heterocycles. The van der Waals surface area contributed by atoms with Crippen molar-refractivity contribution in [3.8, 4) is 0 Å². The molecule has 0 radical (unpaired) electrons.